The fraction of sp³-hybridized carbons (Fsp3) is 0.545. The molecule has 0 N–H and O–H groups in total. The SMILES string of the molecule is CCOC(=O)C1CCN(C(=O)CN(C)C(=O)C2CCN(c3ccc(Cl)cc3)C2=O)CC1. The Morgan fingerprint density at radius 3 is 2.35 bits per heavy atom. The second-order valence-electron chi connectivity index (χ2n) is 7.91. The zero-order valence-corrected chi connectivity index (χ0v) is 18.6. The van der Waals surface area contributed by atoms with Crippen LogP contribution in [0.2, 0.25) is 5.02 Å². The Balaban J connectivity index is 1.51. The first-order valence-electron chi connectivity index (χ1n) is 10.6. The molecule has 9 heteroatoms. The summed E-state index contributed by atoms with van der Waals surface area (Å²) in [4.78, 5) is 54.7. The van der Waals surface area contributed by atoms with Gasteiger partial charge in [-0.2, -0.15) is 0 Å². The molecule has 3 amide bonds. The molecular weight excluding hydrogens is 422 g/mol. The number of hydrogen-bond donors (Lipinski definition) is 0. The van der Waals surface area contributed by atoms with Crippen LogP contribution < -0.4 is 4.90 Å². The van der Waals surface area contributed by atoms with Crippen LogP contribution in [0, 0.1) is 11.8 Å². The van der Waals surface area contributed by atoms with Gasteiger partial charge in [0.15, 0.2) is 0 Å². The van der Waals surface area contributed by atoms with Crippen molar-refractivity contribution >= 4 is 41.0 Å². The summed E-state index contributed by atoms with van der Waals surface area (Å²) in [5.74, 6) is -1.98. The highest BCUT2D eigenvalue weighted by atomic mass is 35.5. The molecule has 3 rings (SSSR count). The number of likely N-dealkylation sites (N-methyl/N-ethyl adjacent to an activating group) is 1. The lowest BCUT2D eigenvalue weighted by Crippen LogP contribution is -2.47. The van der Waals surface area contributed by atoms with E-state index in [9.17, 15) is 19.2 Å². The number of hydrogen-bond acceptors (Lipinski definition) is 5. The van der Waals surface area contributed by atoms with E-state index in [0.717, 1.165) is 0 Å². The van der Waals surface area contributed by atoms with Gasteiger partial charge in [-0.05, 0) is 50.5 Å². The number of piperidine rings is 1. The molecular formula is C22H28ClN3O5. The molecule has 0 aliphatic carbocycles. The van der Waals surface area contributed by atoms with Crippen LogP contribution in [0.25, 0.3) is 0 Å². The van der Waals surface area contributed by atoms with Crippen LogP contribution in [0.15, 0.2) is 24.3 Å². The highest BCUT2D eigenvalue weighted by Crippen LogP contribution is 2.27. The van der Waals surface area contributed by atoms with Crippen molar-refractivity contribution in [1.29, 1.82) is 0 Å². The summed E-state index contributed by atoms with van der Waals surface area (Å²) < 4.78 is 5.05. The lowest BCUT2D eigenvalue weighted by molar-refractivity contribution is -0.151. The first-order chi connectivity index (χ1) is 14.8. The number of carbonyl (C=O) groups is 4. The van der Waals surface area contributed by atoms with Gasteiger partial charge >= 0.3 is 5.97 Å². The second-order valence-corrected chi connectivity index (χ2v) is 8.35. The van der Waals surface area contributed by atoms with Crippen molar-refractivity contribution < 1.29 is 23.9 Å². The molecule has 1 aromatic carbocycles. The third-order valence-electron chi connectivity index (χ3n) is 5.86. The molecule has 0 bridgehead atoms. The maximum absolute atomic E-state index is 12.8. The summed E-state index contributed by atoms with van der Waals surface area (Å²) in [6, 6.07) is 6.91. The van der Waals surface area contributed by atoms with Gasteiger partial charge in [0, 0.05) is 37.4 Å². The monoisotopic (exact) mass is 449 g/mol. The van der Waals surface area contributed by atoms with Gasteiger partial charge in [-0.15, -0.1) is 0 Å². The van der Waals surface area contributed by atoms with E-state index in [1.54, 1.807) is 48.0 Å². The van der Waals surface area contributed by atoms with Crippen molar-refractivity contribution in [3.8, 4) is 0 Å². The molecule has 0 radical (unpaired) electrons. The molecule has 2 aliphatic rings. The molecule has 0 aromatic heterocycles. The third kappa shape index (κ3) is 5.36. The minimum absolute atomic E-state index is 0.0897. The normalized spacial score (nSPS) is 19.5. The van der Waals surface area contributed by atoms with Crippen LogP contribution >= 0.6 is 11.6 Å². The number of halogens is 1. The zero-order valence-electron chi connectivity index (χ0n) is 17.9. The highest BCUT2D eigenvalue weighted by Gasteiger charge is 2.39. The summed E-state index contributed by atoms with van der Waals surface area (Å²) in [6.07, 6.45) is 1.52. The lowest BCUT2D eigenvalue weighted by Gasteiger charge is -2.32. The molecule has 168 valence electrons. The Kier molecular flexibility index (Phi) is 7.54. The third-order valence-corrected chi connectivity index (χ3v) is 6.11. The fourth-order valence-electron chi connectivity index (χ4n) is 4.06. The number of carbonyl (C=O) groups excluding carboxylic acids is 4. The van der Waals surface area contributed by atoms with Crippen LogP contribution in [-0.2, 0) is 23.9 Å². The van der Waals surface area contributed by atoms with E-state index in [1.807, 2.05) is 0 Å². The van der Waals surface area contributed by atoms with Crippen LogP contribution in [0.4, 0.5) is 5.69 Å². The average molecular weight is 450 g/mol. The van der Waals surface area contributed by atoms with Crippen LogP contribution in [0.3, 0.4) is 0 Å². The second kappa shape index (κ2) is 10.1. The predicted molar refractivity (Wildman–Crippen MR) is 115 cm³/mol. The summed E-state index contributed by atoms with van der Waals surface area (Å²) >= 11 is 5.90. The van der Waals surface area contributed by atoms with Crippen molar-refractivity contribution in [1.82, 2.24) is 9.80 Å². The van der Waals surface area contributed by atoms with E-state index in [-0.39, 0.29) is 36.2 Å². The first-order valence-corrected chi connectivity index (χ1v) is 11.0. The van der Waals surface area contributed by atoms with E-state index in [0.29, 0.717) is 56.2 Å². The molecule has 2 aliphatic heterocycles. The molecule has 0 spiro atoms. The van der Waals surface area contributed by atoms with Gasteiger partial charge in [-0.25, -0.2) is 0 Å². The van der Waals surface area contributed by atoms with Crippen LogP contribution in [-0.4, -0.2) is 73.3 Å². The number of esters is 1. The van der Waals surface area contributed by atoms with E-state index < -0.39 is 5.92 Å². The van der Waals surface area contributed by atoms with Crippen LogP contribution in [0.1, 0.15) is 26.2 Å². The van der Waals surface area contributed by atoms with Crippen molar-refractivity contribution in [2.45, 2.75) is 26.2 Å². The Morgan fingerprint density at radius 2 is 1.74 bits per heavy atom. The summed E-state index contributed by atoms with van der Waals surface area (Å²) in [7, 11) is 1.55. The van der Waals surface area contributed by atoms with Crippen molar-refractivity contribution in [3.63, 3.8) is 0 Å². The van der Waals surface area contributed by atoms with Gasteiger partial charge in [0.2, 0.25) is 17.7 Å². The van der Waals surface area contributed by atoms with Crippen molar-refractivity contribution in [2.75, 3.05) is 44.7 Å². The van der Waals surface area contributed by atoms with Crippen LogP contribution in [0.5, 0.6) is 0 Å². The van der Waals surface area contributed by atoms with Gasteiger partial charge in [-0.3, -0.25) is 19.2 Å². The van der Waals surface area contributed by atoms with E-state index in [4.69, 9.17) is 16.3 Å². The topological polar surface area (TPSA) is 87.2 Å². The molecule has 2 fully saturated rings. The minimum atomic E-state index is -0.789. The largest absolute Gasteiger partial charge is 0.466 e. The minimum Gasteiger partial charge on any atom is -0.466 e. The Hall–Kier alpha value is -2.61. The van der Waals surface area contributed by atoms with E-state index in [2.05, 4.69) is 0 Å². The molecule has 8 nitrogen and oxygen atoms in total. The number of nitrogens with zero attached hydrogens (tertiary/aromatic N) is 3. The quantitative estimate of drug-likeness (QED) is 0.489. The van der Waals surface area contributed by atoms with Gasteiger partial charge in [0.1, 0.15) is 5.92 Å². The number of amides is 3. The van der Waals surface area contributed by atoms with Gasteiger partial charge in [-0.1, -0.05) is 11.6 Å². The van der Waals surface area contributed by atoms with Gasteiger partial charge in [0.05, 0.1) is 19.1 Å². The van der Waals surface area contributed by atoms with E-state index >= 15 is 0 Å². The summed E-state index contributed by atoms with van der Waals surface area (Å²) in [5, 5.41) is 0.576. The van der Waals surface area contributed by atoms with Crippen molar-refractivity contribution in [3.05, 3.63) is 29.3 Å². The maximum atomic E-state index is 12.8. The number of benzene rings is 1. The molecule has 31 heavy (non-hydrogen) atoms. The standard InChI is InChI=1S/C22H28ClN3O5/c1-3-31-22(30)15-8-11-25(12-9-15)19(27)14-24(2)20(28)18-10-13-26(21(18)29)17-6-4-16(23)5-7-17/h4-7,15,18H,3,8-14H2,1-2H3. The summed E-state index contributed by atoms with van der Waals surface area (Å²) in [6.45, 7) is 3.38. The Labute approximate surface area is 187 Å². The van der Waals surface area contributed by atoms with E-state index in [1.165, 1.54) is 4.90 Å². The first kappa shape index (κ1) is 23.1. The number of likely N-dealkylation sites (tertiary alicyclic amines) is 1. The van der Waals surface area contributed by atoms with Gasteiger partial charge < -0.3 is 19.4 Å². The smallest absolute Gasteiger partial charge is 0.309 e. The molecule has 2 heterocycles. The molecule has 0 saturated carbocycles. The Bertz CT molecular complexity index is 836. The molecule has 1 aromatic rings. The Morgan fingerprint density at radius 1 is 1.10 bits per heavy atom. The number of ether oxygens (including phenoxy) is 1. The molecule has 2 saturated heterocycles. The molecule has 1 atom stereocenters. The highest BCUT2D eigenvalue weighted by molar-refractivity contribution is 6.30. The fourth-order valence-corrected chi connectivity index (χ4v) is 4.18. The van der Waals surface area contributed by atoms with Gasteiger partial charge in [0.25, 0.3) is 0 Å². The average Bonchev–Trinajstić information content (AvgIpc) is 3.15. The number of anilines is 1. The maximum Gasteiger partial charge on any atom is 0.309 e. The zero-order chi connectivity index (χ0) is 22.5. The lowest BCUT2D eigenvalue weighted by atomic mass is 9.97. The van der Waals surface area contributed by atoms with Crippen molar-refractivity contribution in [2.24, 2.45) is 11.8 Å². The summed E-state index contributed by atoms with van der Waals surface area (Å²) in [5.41, 5.74) is 0.702. The number of rotatable bonds is 6. The predicted octanol–water partition coefficient (Wildman–Crippen LogP) is 1.95. The molecule has 1 unspecified atom stereocenters.